The van der Waals surface area contributed by atoms with Crippen LogP contribution < -0.4 is 10.2 Å². The van der Waals surface area contributed by atoms with E-state index in [1.54, 1.807) is 11.1 Å². The van der Waals surface area contributed by atoms with Crippen LogP contribution in [0.1, 0.15) is 31.7 Å². The smallest absolute Gasteiger partial charge is 0.225 e. The average molecular weight is 443 g/mol. The van der Waals surface area contributed by atoms with Gasteiger partial charge in [0.15, 0.2) is 0 Å². The summed E-state index contributed by atoms with van der Waals surface area (Å²) in [5, 5.41) is 17.3. The Kier molecular flexibility index (Phi) is 6.32. The second-order valence-corrected chi connectivity index (χ2v) is 9.41. The van der Waals surface area contributed by atoms with E-state index in [4.69, 9.17) is 4.74 Å². The molecule has 2 aromatic heterocycles. The molecule has 0 bridgehead atoms. The highest BCUT2D eigenvalue weighted by molar-refractivity contribution is 5.81. The Morgan fingerprint density at radius 3 is 2.88 bits per heavy atom. The summed E-state index contributed by atoms with van der Waals surface area (Å²) in [6, 6.07) is 4.83. The molecule has 9 heteroatoms. The lowest BCUT2D eigenvalue weighted by Gasteiger charge is -2.42. The molecule has 32 heavy (non-hydrogen) atoms. The topological polar surface area (TPSA) is 85.6 Å². The first-order valence-electron chi connectivity index (χ1n) is 11.8. The lowest BCUT2D eigenvalue weighted by atomic mass is 9.98. The number of ether oxygens (including phenoxy) is 1. The van der Waals surface area contributed by atoms with E-state index in [1.165, 1.54) is 24.9 Å². The van der Waals surface area contributed by atoms with Crippen LogP contribution in [0.3, 0.4) is 0 Å². The highest BCUT2D eigenvalue weighted by Crippen LogP contribution is 2.26. The fourth-order valence-electron chi connectivity index (χ4n) is 5.23. The Hall–Kier alpha value is -2.20. The Morgan fingerprint density at radius 1 is 1.25 bits per heavy atom. The van der Waals surface area contributed by atoms with Crippen molar-refractivity contribution in [3.8, 4) is 0 Å². The Balaban J connectivity index is 1.23. The molecule has 3 saturated heterocycles. The number of fused-ring (bicyclic) bond motifs is 1. The fraction of sp³-hybridized carbons (Fsp3) is 0.652. The van der Waals surface area contributed by atoms with E-state index in [0.29, 0.717) is 19.0 Å². The minimum Gasteiger partial charge on any atom is -0.381 e. The third-order valence-electron chi connectivity index (χ3n) is 7.13. The molecule has 5 heterocycles. The number of aliphatic hydroxyl groups excluding tert-OH is 1. The van der Waals surface area contributed by atoms with Gasteiger partial charge in [0.2, 0.25) is 12.3 Å². The van der Waals surface area contributed by atoms with E-state index < -0.39 is 6.35 Å². The number of rotatable bonds is 5. The molecule has 2 atom stereocenters. The molecule has 0 radical (unpaired) electrons. The molecular weight excluding hydrogens is 408 g/mol. The van der Waals surface area contributed by atoms with E-state index in [2.05, 4.69) is 39.3 Å². The maximum absolute atomic E-state index is 11.6. The molecule has 3 aliphatic rings. The Bertz CT molecular complexity index is 943. The maximum Gasteiger partial charge on any atom is 0.225 e. The van der Waals surface area contributed by atoms with Gasteiger partial charge in [0, 0.05) is 71.1 Å². The van der Waals surface area contributed by atoms with Gasteiger partial charge in [0.05, 0.1) is 17.4 Å². The van der Waals surface area contributed by atoms with Crippen molar-refractivity contribution in [2.24, 2.45) is 5.92 Å². The molecule has 0 aliphatic carbocycles. The molecule has 3 fully saturated rings. The number of carbonyl (C=O) groups is 1. The SMILES string of the molecule is C[C@H]1CN(Cc2ccn3ncc(N4CCC(=O)NC4O)c3c2)CCN1CC1CCOCC1. The summed E-state index contributed by atoms with van der Waals surface area (Å²) >= 11 is 0. The highest BCUT2D eigenvalue weighted by atomic mass is 16.5. The molecule has 3 aliphatic heterocycles. The highest BCUT2D eigenvalue weighted by Gasteiger charge is 2.28. The number of amides is 1. The van der Waals surface area contributed by atoms with Crippen molar-refractivity contribution in [3.05, 3.63) is 30.1 Å². The summed E-state index contributed by atoms with van der Waals surface area (Å²) in [5.74, 6) is 0.645. The third kappa shape index (κ3) is 4.61. The first kappa shape index (κ1) is 21.6. The molecule has 0 saturated carbocycles. The van der Waals surface area contributed by atoms with E-state index in [1.807, 2.05) is 10.7 Å². The number of carbonyl (C=O) groups excluding carboxylic acids is 1. The summed E-state index contributed by atoms with van der Waals surface area (Å²) < 4.78 is 7.34. The number of piperazine rings is 1. The molecule has 2 N–H and O–H groups in total. The van der Waals surface area contributed by atoms with Crippen LogP contribution >= 0.6 is 0 Å². The van der Waals surface area contributed by atoms with Crippen LogP contribution in [0.5, 0.6) is 0 Å². The quantitative estimate of drug-likeness (QED) is 0.711. The summed E-state index contributed by atoms with van der Waals surface area (Å²) in [5.41, 5.74) is 3.03. The van der Waals surface area contributed by atoms with Crippen molar-refractivity contribution in [2.75, 3.05) is 50.8 Å². The van der Waals surface area contributed by atoms with Crippen molar-refractivity contribution in [1.82, 2.24) is 24.7 Å². The number of hydrogen-bond acceptors (Lipinski definition) is 7. The van der Waals surface area contributed by atoms with Gasteiger partial charge < -0.3 is 20.1 Å². The van der Waals surface area contributed by atoms with Gasteiger partial charge in [0.25, 0.3) is 0 Å². The number of pyridine rings is 1. The normalized spacial score (nSPS) is 26.6. The standard InChI is InChI=1S/C23H34N6O3/c1-17-14-26(8-9-27(17)16-18-4-10-32-11-5-18)15-19-2-7-29-20(12-19)21(13-24-29)28-6-3-22(30)25-23(28)31/h2,7,12-13,17-18,23,31H,3-6,8-11,14-16H2,1H3,(H,25,30)/t17-,23?/m0/s1. The first-order chi connectivity index (χ1) is 15.6. The van der Waals surface area contributed by atoms with Gasteiger partial charge in [-0.05, 0) is 43.4 Å². The van der Waals surface area contributed by atoms with Gasteiger partial charge in [-0.1, -0.05) is 0 Å². The van der Waals surface area contributed by atoms with Crippen molar-refractivity contribution in [1.29, 1.82) is 0 Å². The number of hydrogen-bond donors (Lipinski definition) is 2. The lowest BCUT2D eigenvalue weighted by molar-refractivity contribution is -0.125. The third-order valence-corrected chi connectivity index (χ3v) is 7.13. The Labute approximate surface area is 188 Å². The summed E-state index contributed by atoms with van der Waals surface area (Å²) in [6.45, 7) is 9.99. The second kappa shape index (κ2) is 9.35. The van der Waals surface area contributed by atoms with E-state index >= 15 is 0 Å². The summed E-state index contributed by atoms with van der Waals surface area (Å²) in [4.78, 5) is 18.5. The number of aromatic nitrogens is 2. The molecular formula is C23H34N6O3. The van der Waals surface area contributed by atoms with E-state index in [0.717, 1.165) is 56.5 Å². The van der Waals surface area contributed by atoms with E-state index in [9.17, 15) is 9.90 Å². The lowest BCUT2D eigenvalue weighted by Crippen LogP contribution is -2.54. The molecule has 174 valence electrons. The van der Waals surface area contributed by atoms with Gasteiger partial charge in [-0.3, -0.25) is 14.6 Å². The zero-order chi connectivity index (χ0) is 22.1. The fourth-order valence-corrected chi connectivity index (χ4v) is 5.23. The first-order valence-corrected chi connectivity index (χ1v) is 11.8. The van der Waals surface area contributed by atoms with Gasteiger partial charge >= 0.3 is 0 Å². The van der Waals surface area contributed by atoms with Crippen molar-refractivity contribution >= 4 is 17.1 Å². The van der Waals surface area contributed by atoms with Gasteiger partial charge in [-0.2, -0.15) is 5.10 Å². The van der Waals surface area contributed by atoms with Gasteiger partial charge in [-0.25, -0.2) is 4.52 Å². The van der Waals surface area contributed by atoms with Crippen LogP contribution in [0.4, 0.5) is 5.69 Å². The van der Waals surface area contributed by atoms with Crippen LogP contribution in [0.25, 0.3) is 5.52 Å². The Morgan fingerprint density at radius 2 is 2.09 bits per heavy atom. The minimum absolute atomic E-state index is 0.129. The van der Waals surface area contributed by atoms with Crippen LogP contribution in [-0.2, 0) is 16.1 Å². The zero-order valence-electron chi connectivity index (χ0n) is 18.8. The molecule has 5 rings (SSSR count). The summed E-state index contributed by atoms with van der Waals surface area (Å²) in [6.07, 6.45) is 5.47. The molecule has 0 aromatic carbocycles. The van der Waals surface area contributed by atoms with Crippen LogP contribution in [0.15, 0.2) is 24.5 Å². The largest absolute Gasteiger partial charge is 0.381 e. The predicted molar refractivity (Wildman–Crippen MR) is 121 cm³/mol. The van der Waals surface area contributed by atoms with E-state index in [-0.39, 0.29) is 5.91 Å². The molecule has 9 nitrogen and oxygen atoms in total. The van der Waals surface area contributed by atoms with Crippen LogP contribution in [-0.4, -0.2) is 88.8 Å². The maximum atomic E-state index is 11.6. The number of aliphatic hydroxyl groups is 1. The number of nitrogens with zero attached hydrogens (tertiary/aromatic N) is 5. The minimum atomic E-state index is -1.02. The molecule has 1 unspecified atom stereocenters. The monoisotopic (exact) mass is 442 g/mol. The number of anilines is 1. The average Bonchev–Trinajstić information content (AvgIpc) is 3.19. The van der Waals surface area contributed by atoms with Crippen LogP contribution in [0, 0.1) is 5.92 Å². The predicted octanol–water partition coefficient (Wildman–Crippen LogP) is 0.869. The van der Waals surface area contributed by atoms with Crippen molar-refractivity contribution in [2.45, 2.75) is 45.1 Å². The molecule has 0 spiro atoms. The van der Waals surface area contributed by atoms with Crippen LogP contribution in [0.2, 0.25) is 0 Å². The van der Waals surface area contributed by atoms with Gasteiger partial charge in [0.1, 0.15) is 0 Å². The zero-order valence-corrected chi connectivity index (χ0v) is 18.8. The second-order valence-electron chi connectivity index (χ2n) is 9.41. The number of nitrogens with one attached hydrogen (secondary N) is 1. The van der Waals surface area contributed by atoms with Crippen molar-refractivity contribution < 1.29 is 14.6 Å². The molecule has 1 amide bonds. The summed E-state index contributed by atoms with van der Waals surface area (Å²) in [7, 11) is 0. The van der Waals surface area contributed by atoms with Gasteiger partial charge in [-0.15, -0.1) is 0 Å². The van der Waals surface area contributed by atoms with Crippen molar-refractivity contribution in [3.63, 3.8) is 0 Å². The molecule has 2 aromatic rings.